The number of carbonyl (C=O) groups is 1. The van der Waals surface area contributed by atoms with Crippen LogP contribution >= 0.6 is 12.2 Å². The zero-order valence-corrected chi connectivity index (χ0v) is 11.8. The highest BCUT2D eigenvalue weighted by Gasteiger charge is 2.25. The molecule has 2 rings (SSSR count). The molecular weight excluding hydrogens is 260 g/mol. The molecule has 0 saturated carbocycles. The number of pyridine rings is 1. The fourth-order valence-corrected chi connectivity index (χ4v) is 2.29. The monoisotopic (exact) mass is 278 g/mol. The third kappa shape index (κ3) is 3.27. The van der Waals surface area contributed by atoms with E-state index in [1.54, 1.807) is 18.3 Å². The minimum Gasteiger partial charge on any atom is -0.392 e. The normalized spacial score (nSPS) is 18.1. The molecule has 0 aliphatic carbocycles. The summed E-state index contributed by atoms with van der Waals surface area (Å²) >= 11 is 5.00. The predicted molar refractivity (Wildman–Crippen MR) is 78.0 cm³/mol. The van der Waals surface area contributed by atoms with Crippen LogP contribution in [0.1, 0.15) is 17.4 Å². The average Bonchev–Trinajstić information content (AvgIpc) is 2.46. The van der Waals surface area contributed by atoms with E-state index in [4.69, 9.17) is 18.0 Å². The van der Waals surface area contributed by atoms with Gasteiger partial charge in [-0.15, -0.1) is 0 Å². The number of nitrogens with zero attached hydrogens (tertiary/aromatic N) is 3. The van der Waals surface area contributed by atoms with Gasteiger partial charge in [0.25, 0.3) is 5.91 Å². The Morgan fingerprint density at radius 1 is 1.37 bits per heavy atom. The highest BCUT2D eigenvalue weighted by atomic mass is 32.1. The Labute approximate surface area is 118 Å². The zero-order valence-electron chi connectivity index (χ0n) is 11.0. The van der Waals surface area contributed by atoms with Gasteiger partial charge in [-0.05, 0) is 19.1 Å². The third-order valence-electron chi connectivity index (χ3n) is 3.44. The van der Waals surface area contributed by atoms with Crippen LogP contribution in [0, 0.1) is 0 Å². The molecule has 1 aliphatic rings. The lowest BCUT2D eigenvalue weighted by Gasteiger charge is -2.37. The van der Waals surface area contributed by atoms with Gasteiger partial charge in [0.15, 0.2) is 0 Å². The summed E-state index contributed by atoms with van der Waals surface area (Å²) in [6, 6.07) is 5.46. The van der Waals surface area contributed by atoms with Gasteiger partial charge in [0, 0.05) is 32.4 Å². The Bertz CT molecular complexity index is 457. The molecule has 2 N–H and O–H groups in total. The SMILES string of the molecule is CC(C(N)=S)N1CCN(C(=O)c2ccccn2)CC1. The molecule has 1 saturated heterocycles. The predicted octanol–water partition coefficient (Wildman–Crippen LogP) is 0.514. The molecule has 1 fully saturated rings. The first-order chi connectivity index (χ1) is 9.09. The van der Waals surface area contributed by atoms with E-state index in [9.17, 15) is 4.79 Å². The molecule has 0 spiro atoms. The minimum atomic E-state index is -0.0109. The number of hydrogen-bond donors (Lipinski definition) is 1. The molecular formula is C13H18N4OS. The molecule has 0 bridgehead atoms. The Morgan fingerprint density at radius 2 is 2.05 bits per heavy atom. The van der Waals surface area contributed by atoms with E-state index in [-0.39, 0.29) is 11.9 Å². The van der Waals surface area contributed by atoms with Crippen molar-refractivity contribution in [3.63, 3.8) is 0 Å². The van der Waals surface area contributed by atoms with E-state index in [2.05, 4.69) is 9.88 Å². The molecule has 1 aromatic heterocycles. The molecule has 1 aliphatic heterocycles. The molecule has 0 radical (unpaired) electrons. The van der Waals surface area contributed by atoms with Crippen LogP contribution in [0.4, 0.5) is 0 Å². The van der Waals surface area contributed by atoms with Crippen LogP contribution in [0.15, 0.2) is 24.4 Å². The van der Waals surface area contributed by atoms with Crippen LogP contribution < -0.4 is 5.73 Å². The second-order valence-electron chi connectivity index (χ2n) is 4.62. The fourth-order valence-electron chi connectivity index (χ4n) is 2.14. The van der Waals surface area contributed by atoms with Crippen molar-refractivity contribution in [2.45, 2.75) is 13.0 Å². The van der Waals surface area contributed by atoms with Gasteiger partial charge < -0.3 is 10.6 Å². The van der Waals surface area contributed by atoms with Crippen molar-refractivity contribution in [2.24, 2.45) is 5.73 Å². The second kappa shape index (κ2) is 6.08. The summed E-state index contributed by atoms with van der Waals surface area (Å²) in [6.07, 6.45) is 1.64. The Balaban J connectivity index is 1.93. The molecule has 1 unspecified atom stereocenters. The lowest BCUT2D eigenvalue weighted by Crippen LogP contribution is -2.54. The summed E-state index contributed by atoms with van der Waals surface area (Å²) < 4.78 is 0. The number of thiocarbonyl (C=S) groups is 1. The van der Waals surface area contributed by atoms with Gasteiger partial charge >= 0.3 is 0 Å². The van der Waals surface area contributed by atoms with E-state index in [0.29, 0.717) is 23.8 Å². The van der Waals surface area contributed by atoms with Crippen molar-refractivity contribution in [1.29, 1.82) is 0 Å². The quantitative estimate of drug-likeness (QED) is 0.817. The van der Waals surface area contributed by atoms with Gasteiger partial charge in [-0.2, -0.15) is 0 Å². The molecule has 5 nitrogen and oxygen atoms in total. The summed E-state index contributed by atoms with van der Waals surface area (Å²) in [4.78, 5) is 20.8. The first-order valence-corrected chi connectivity index (χ1v) is 6.74. The first kappa shape index (κ1) is 13.9. The van der Waals surface area contributed by atoms with Crippen LogP contribution in [-0.4, -0.2) is 57.9 Å². The standard InChI is InChI=1S/C13H18N4OS/c1-10(12(14)19)16-6-8-17(9-7-16)13(18)11-4-2-3-5-15-11/h2-5,10H,6-9H2,1H3,(H2,14,19). The van der Waals surface area contributed by atoms with Gasteiger partial charge in [0.05, 0.1) is 11.0 Å². The number of hydrogen-bond acceptors (Lipinski definition) is 4. The number of amides is 1. The van der Waals surface area contributed by atoms with Crippen LogP contribution in [0.5, 0.6) is 0 Å². The number of aromatic nitrogens is 1. The second-order valence-corrected chi connectivity index (χ2v) is 5.09. The van der Waals surface area contributed by atoms with Gasteiger partial charge in [-0.3, -0.25) is 14.7 Å². The molecule has 6 heteroatoms. The van der Waals surface area contributed by atoms with Crippen molar-refractivity contribution < 1.29 is 4.79 Å². The molecule has 102 valence electrons. The highest BCUT2D eigenvalue weighted by molar-refractivity contribution is 7.80. The maximum Gasteiger partial charge on any atom is 0.272 e. The van der Waals surface area contributed by atoms with Crippen molar-refractivity contribution in [2.75, 3.05) is 26.2 Å². The Hall–Kier alpha value is -1.53. The lowest BCUT2D eigenvalue weighted by atomic mass is 10.2. The molecule has 1 amide bonds. The largest absolute Gasteiger partial charge is 0.392 e. The van der Waals surface area contributed by atoms with Crippen molar-refractivity contribution in [3.8, 4) is 0 Å². The third-order valence-corrected chi connectivity index (χ3v) is 3.79. The summed E-state index contributed by atoms with van der Waals surface area (Å²) in [7, 11) is 0. The Morgan fingerprint density at radius 3 is 2.58 bits per heavy atom. The summed E-state index contributed by atoms with van der Waals surface area (Å²) in [6.45, 7) is 4.94. The summed E-state index contributed by atoms with van der Waals surface area (Å²) in [5, 5.41) is 0. The van der Waals surface area contributed by atoms with Crippen LogP contribution in [0.25, 0.3) is 0 Å². The fraction of sp³-hybridized carbons (Fsp3) is 0.462. The molecule has 0 aromatic carbocycles. The summed E-state index contributed by atoms with van der Waals surface area (Å²) in [5.41, 5.74) is 6.15. The van der Waals surface area contributed by atoms with E-state index in [1.165, 1.54) is 0 Å². The average molecular weight is 278 g/mol. The number of nitrogens with two attached hydrogens (primary N) is 1. The van der Waals surface area contributed by atoms with Crippen molar-refractivity contribution >= 4 is 23.1 Å². The number of rotatable bonds is 3. The number of carbonyl (C=O) groups excluding carboxylic acids is 1. The van der Waals surface area contributed by atoms with E-state index >= 15 is 0 Å². The van der Waals surface area contributed by atoms with E-state index < -0.39 is 0 Å². The van der Waals surface area contributed by atoms with Crippen LogP contribution in [0.2, 0.25) is 0 Å². The highest BCUT2D eigenvalue weighted by Crippen LogP contribution is 2.09. The van der Waals surface area contributed by atoms with Gasteiger partial charge in [0.1, 0.15) is 5.69 Å². The van der Waals surface area contributed by atoms with Gasteiger partial charge in [-0.25, -0.2) is 0 Å². The zero-order chi connectivity index (χ0) is 13.8. The summed E-state index contributed by atoms with van der Waals surface area (Å²) in [5.74, 6) is -0.0109. The minimum absolute atomic E-state index is 0.0109. The number of piperazine rings is 1. The topological polar surface area (TPSA) is 62.5 Å². The molecule has 1 aromatic rings. The molecule has 1 atom stereocenters. The van der Waals surface area contributed by atoms with E-state index in [0.717, 1.165) is 13.1 Å². The maximum absolute atomic E-state index is 12.2. The van der Waals surface area contributed by atoms with E-state index in [1.807, 2.05) is 17.9 Å². The van der Waals surface area contributed by atoms with Crippen LogP contribution in [-0.2, 0) is 0 Å². The maximum atomic E-state index is 12.2. The smallest absolute Gasteiger partial charge is 0.272 e. The first-order valence-electron chi connectivity index (χ1n) is 6.33. The lowest BCUT2D eigenvalue weighted by molar-refractivity contribution is 0.0616. The van der Waals surface area contributed by atoms with Crippen LogP contribution in [0.3, 0.4) is 0 Å². The van der Waals surface area contributed by atoms with Gasteiger partial charge in [0.2, 0.25) is 0 Å². The van der Waals surface area contributed by atoms with Gasteiger partial charge in [-0.1, -0.05) is 18.3 Å². The molecule has 2 heterocycles. The van der Waals surface area contributed by atoms with Crippen molar-refractivity contribution in [3.05, 3.63) is 30.1 Å². The van der Waals surface area contributed by atoms with Crippen molar-refractivity contribution in [1.82, 2.24) is 14.8 Å². The Kier molecular flexibility index (Phi) is 4.44. The molecule has 19 heavy (non-hydrogen) atoms.